The molecule has 0 unspecified atom stereocenters. The van der Waals surface area contributed by atoms with Crippen LogP contribution >= 0.6 is 0 Å². The number of amides is 1. The van der Waals surface area contributed by atoms with E-state index < -0.39 is 0 Å². The molecule has 0 aliphatic carbocycles. The van der Waals surface area contributed by atoms with Gasteiger partial charge in [0.05, 0.1) is 0 Å². The molecule has 3 nitrogen and oxygen atoms in total. The quantitative estimate of drug-likeness (QED) is 0.703. The fraction of sp³-hybridized carbons (Fsp3) is 0.435. The van der Waals surface area contributed by atoms with Gasteiger partial charge in [-0.05, 0) is 38.2 Å². The van der Waals surface area contributed by atoms with Gasteiger partial charge < -0.3 is 9.64 Å². The Morgan fingerprint density at radius 1 is 0.962 bits per heavy atom. The van der Waals surface area contributed by atoms with Crippen LogP contribution in [-0.2, 0) is 11.3 Å². The lowest BCUT2D eigenvalue weighted by atomic mass is 9.95. The number of likely N-dealkylation sites (tertiary alicyclic amines) is 1. The van der Waals surface area contributed by atoms with E-state index in [1.807, 2.05) is 35.2 Å². The smallest absolute Gasteiger partial charge is 0.410 e. The van der Waals surface area contributed by atoms with Crippen molar-refractivity contribution in [3.63, 3.8) is 0 Å². The standard InChI is InChI=1S/C15H21NO2.C8H10/c1-2-13-8-10-16(11-9-13)15(17)18-12-14-6-4-3-5-7-14;1-7-3-5-8(2)6-4-7/h3-7,13H,2,8-12H2,1H3;3-6H,1-2H3. The topological polar surface area (TPSA) is 29.5 Å². The van der Waals surface area contributed by atoms with Crippen molar-refractivity contribution in [3.05, 3.63) is 71.3 Å². The van der Waals surface area contributed by atoms with E-state index in [2.05, 4.69) is 45.0 Å². The highest BCUT2D eigenvalue weighted by Gasteiger charge is 2.22. The van der Waals surface area contributed by atoms with Crippen molar-refractivity contribution in [2.75, 3.05) is 13.1 Å². The summed E-state index contributed by atoms with van der Waals surface area (Å²) in [5.41, 5.74) is 3.69. The summed E-state index contributed by atoms with van der Waals surface area (Å²) in [5.74, 6) is 0.781. The van der Waals surface area contributed by atoms with Crippen molar-refractivity contribution in [3.8, 4) is 0 Å². The van der Waals surface area contributed by atoms with Crippen molar-refractivity contribution in [2.45, 2.75) is 46.6 Å². The van der Waals surface area contributed by atoms with Gasteiger partial charge >= 0.3 is 6.09 Å². The molecule has 2 aromatic carbocycles. The molecular weight excluding hydrogens is 322 g/mol. The Balaban J connectivity index is 0.000000254. The number of ether oxygens (including phenoxy) is 1. The minimum Gasteiger partial charge on any atom is -0.445 e. The van der Waals surface area contributed by atoms with E-state index in [-0.39, 0.29) is 6.09 Å². The Morgan fingerprint density at radius 2 is 1.50 bits per heavy atom. The second-order valence-corrected chi connectivity index (χ2v) is 7.03. The number of piperidine rings is 1. The normalized spacial score (nSPS) is 14.3. The lowest BCUT2D eigenvalue weighted by Crippen LogP contribution is -2.38. The van der Waals surface area contributed by atoms with Crippen LogP contribution in [-0.4, -0.2) is 24.1 Å². The second kappa shape index (κ2) is 10.6. The van der Waals surface area contributed by atoms with Gasteiger partial charge in [-0.3, -0.25) is 0 Å². The molecule has 0 radical (unpaired) electrons. The second-order valence-electron chi connectivity index (χ2n) is 7.03. The van der Waals surface area contributed by atoms with Crippen molar-refractivity contribution < 1.29 is 9.53 Å². The number of rotatable bonds is 3. The molecule has 0 atom stereocenters. The summed E-state index contributed by atoms with van der Waals surface area (Å²) >= 11 is 0. The highest BCUT2D eigenvalue weighted by Crippen LogP contribution is 2.20. The number of nitrogens with zero attached hydrogens (tertiary/aromatic N) is 1. The highest BCUT2D eigenvalue weighted by molar-refractivity contribution is 5.67. The van der Waals surface area contributed by atoms with Gasteiger partial charge in [0, 0.05) is 13.1 Å². The monoisotopic (exact) mass is 353 g/mol. The van der Waals surface area contributed by atoms with E-state index in [1.165, 1.54) is 17.5 Å². The van der Waals surface area contributed by atoms with Crippen molar-refractivity contribution in [2.24, 2.45) is 5.92 Å². The molecule has 3 heteroatoms. The Hall–Kier alpha value is -2.29. The van der Waals surface area contributed by atoms with Crippen LogP contribution in [0.1, 0.15) is 42.9 Å². The molecule has 26 heavy (non-hydrogen) atoms. The zero-order valence-electron chi connectivity index (χ0n) is 16.3. The molecule has 0 spiro atoms. The zero-order chi connectivity index (χ0) is 18.8. The van der Waals surface area contributed by atoms with Gasteiger partial charge in [0.25, 0.3) is 0 Å². The van der Waals surface area contributed by atoms with Crippen molar-refractivity contribution in [1.82, 2.24) is 4.90 Å². The van der Waals surface area contributed by atoms with Crippen LogP contribution in [0.5, 0.6) is 0 Å². The third-order valence-corrected chi connectivity index (χ3v) is 4.87. The summed E-state index contributed by atoms with van der Waals surface area (Å²) < 4.78 is 5.32. The Bertz CT molecular complexity index is 623. The van der Waals surface area contributed by atoms with Crippen molar-refractivity contribution in [1.29, 1.82) is 0 Å². The average molecular weight is 354 g/mol. The molecule has 1 amide bonds. The molecule has 1 heterocycles. The first kappa shape index (κ1) is 20.0. The van der Waals surface area contributed by atoms with Crippen LogP contribution in [0.15, 0.2) is 54.6 Å². The fourth-order valence-corrected chi connectivity index (χ4v) is 2.97. The molecule has 3 rings (SSSR count). The predicted molar refractivity (Wildman–Crippen MR) is 107 cm³/mol. The first-order chi connectivity index (χ1) is 12.6. The van der Waals surface area contributed by atoms with Crippen LogP contribution in [0.25, 0.3) is 0 Å². The molecular formula is C23H31NO2. The fourth-order valence-electron chi connectivity index (χ4n) is 2.97. The van der Waals surface area contributed by atoms with Gasteiger partial charge in [0.1, 0.15) is 6.61 Å². The van der Waals surface area contributed by atoms with E-state index in [1.54, 1.807) is 0 Å². The average Bonchev–Trinajstić information content (AvgIpc) is 2.70. The summed E-state index contributed by atoms with van der Waals surface area (Å²) in [6.45, 7) is 8.46. The third-order valence-electron chi connectivity index (χ3n) is 4.87. The van der Waals surface area contributed by atoms with Crippen LogP contribution < -0.4 is 0 Å². The molecule has 0 aromatic heterocycles. The Labute approximate surface area is 158 Å². The number of benzene rings is 2. The minimum absolute atomic E-state index is 0.173. The largest absolute Gasteiger partial charge is 0.445 e. The van der Waals surface area contributed by atoms with Crippen LogP contribution in [0.3, 0.4) is 0 Å². The number of aryl methyl sites for hydroxylation is 2. The van der Waals surface area contributed by atoms with E-state index in [0.29, 0.717) is 6.61 Å². The van der Waals surface area contributed by atoms with Crippen LogP contribution in [0.2, 0.25) is 0 Å². The number of carbonyl (C=O) groups excluding carboxylic acids is 1. The van der Waals surface area contributed by atoms with Gasteiger partial charge in [0.15, 0.2) is 0 Å². The number of hydrogen-bond donors (Lipinski definition) is 0. The highest BCUT2D eigenvalue weighted by atomic mass is 16.6. The molecule has 2 aromatic rings. The van der Waals surface area contributed by atoms with Gasteiger partial charge in [-0.25, -0.2) is 4.79 Å². The minimum atomic E-state index is -0.173. The number of hydrogen-bond acceptors (Lipinski definition) is 2. The molecule has 140 valence electrons. The molecule has 0 N–H and O–H groups in total. The maximum atomic E-state index is 11.9. The van der Waals surface area contributed by atoms with E-state index >= 15 is 0 Å². The summed E-state index contributed by atoms with van der Waals surface area (Å²) in [7, 11) is 0. The first-order valence-electron chi connectivity index (χ1n) is 9.57. The lowest BCUT2D eigenvalue weighted by molar-refractivity contribution is 0.0819. The summed E-state index contributed by atoms with van der Waals surface area (Å²) in [4.78, 5) is 13.7. The van der Waals surface area contributed by atoms with Gasteiger partial charge in [-0.1, -0.05) is 79.1 Å². The van der Waals surface area contributed by atoms with Crippen LogP contribution in [0, 0.1) is 19.8 Å². The van der Waals surface area contributed by atoms with E-state index in [4.69, 9.17) is 4.74 Å². The maximum Gasteiger partial charge on any atom is 0.410 e. The van der Waals surface area contributed by atoms with Crippen molar-refractivity contribution >= 4 is 6.09 Å². The molecule has 1 aliphatic heterocycles. The summed E-state index contributed by atoms with van der Waals surface area (Å²) in [6, 6.07) is 18.3. The number of carbonyl (C=O) groups is 1. The first-order valence-corrected chi connectivity index (χ1v) is 9.57. The van der Waals surface area contributed by atoms with E-state index in [0.717, 1.165) is 37.4 Å². The van der Waals surface area contributed by atoms with Crippen LogP contribution in [0.4, 0.5) is 4.79 Å². The molecule has 0 bridgehead atoms. The molecule has 1 saturated heterocycles. The summed E-state index contributed by atoms with van der Waals surface area (Å²) in [5, 5.41) is 0. The zero-order valence-corrected chi connectivity index (χ0v) is 16.3. The van der Waals surface area contributed by atoms with Gasteiger partial charge in [-0.2, -0.15) is 0 Å². The molecule has 1 aliphatic rings. The Morgan fingerprint density at radius 3 is 2.00 bits per heavy atom. The lowest BCUT2D eigenvalue weighted by Gasteiger charge is -2.30. The maximum absolute atomic E-state index is 11.9. The van der Waals surface area contributed by atoms with Gasteiger partial charge in [0.2, 0.25) is 0 Å². The van der Waals surface area contributed by atoms with E-state index in [9.17, 15) is 4.79 Å². The molecule has 1 fully saturated rings. The SMILES string of the molecule is CCC1CCN(C(=O)OCc2ccccc2)CC1.Cc1ccc(C)cc1. The Kier molecular flexibility index (Phi) is 8.20. The third kappa shape index (κ3) is 6.91. The van der Waals surface area contributed by atoms with Gasteiger partial charge in [-0.15, -0.1) is 0 Å². The predicted octanol–water partition coefficient (Wildman–Crippen LogP) is 5.75. The molecule has 0 saturated carbocycles. The summed E-state index contributed by atoms with van der Waals surface area (Å²) in [6.07, 6.45) is 3.26.